The largest absolute Gasteiger partial charge is 0.301 e. The summed E-state index contributed by atoms with van der Waals surface area (Å²) in [4.78, 5) is 1.69. The summed E-state index contributed by atoms with van der Waals surface area (Å²) in [5.41, 5.74) is 0. The third-order valence-electron chi connectivity index (χ3n) is 2.15. The van der Waals surface area contributed by atoms with E-state index in [0.29, 0.717) is 5.92 Å². The van der Waals surface area contributed by atoms with E-state index >= 15 is 0 Å². The van der Waals surface area contributed by atoms with Gasteiger partial charge in [-0.25, -0.2) is 8.78 Å². The van der Waals surface area contributed by atoms with E-state index in [2.05, 4.69) is 13.8 Å². The molecule has 0 aliphatic rings. The van der Waals surface area contributed by atoms with Gasteiger partial charge in [0.25, 0.3) is 6.43 Å². The molecule has 0 amide bonds. The maximum atomic E-state index is 11.8. The van der Waals surface area contributed by atoms with Crippen LogP contribution in [0.1, 0.15) is 40.5 Å². The standard InChI is InChI=1S/C9H19F2N.C2H6/c1-4-8(2)5-6-12(3)7-9(10)11;1-2/h8-9H,4-7H2,1-3H3;1-2H3. The van der Waals surface area contributed by atoms with Crippen molar-refractivity contribution >= 4 is 0 Å². The SMILES string of the molecule is CC.CCC(C)CCN(C)CC(F)F. The first-order valence-electron chi connectivity index (χ1n) is 5.53. The van der Waals surface area contributed by atoms with E-state index in [-0.39, 0.29) is 6.54 Å². The van der Waals surface area contributed by atoms with E-state index in [1.807, 2.05) is 13.8 Å². The second kappa shape index (κ2) is 10.9. The summed E-state index contributed by atoms with van der Waals surface area (Å²) in [5, 5.41) is 0. The fourth-order valence-corrected chi connectivity index (χ4v) is 0.972. The average molecular weight is 209 g/mol. The van der Waals surface area contributed by atoms with Gasteiger partial charge >= 0.3 is 0 Å². The van der Waals surface area contributed by atoms with Crippen LogP contribution >= 0.6 is 0 Å². The van der Waals surface area contributed by atoms with Crippen LogP contribution in [0.2, 0.25) is 0 Å². The molecule has 0 aromatic heterocycles. The van der Waals surface area contributed by atoms with E-state index in [9.17, 15) is 8.78 Å². The summed E-state index contributed by atoms with van der Waals surface area (Å²) in [7, 11) is 1.74. The molecule has 88 valence electrons. The van der Waals surface area contributed by atoms with Crippen LogP contribution in [0.25, 0.3) is 0 Å². The minimum Gasteiger partial charge on any atom is -0.301 e. The first-order chi connectivity index (χ1) is 6.56. The van der Waals surface area contributed by atoms with Crippen molar-refractivity contribution in [1.82, 2.24) is 4.90 Å². The highest BCUT2D eigenvalue weighted by atomic mass is 19.3. The number of rotatable bonds is 6. The molecule has 0 saturated carbocycles. The smallest absolute Gasteiger partial charge is 0.251 e. The molecule has 1 unspecified atom stereocenters. The molecule has 0 heterocycles. The lowest BCUT2D eigenvalue weighted by atomic mass is 10.1. The van der Waals surface area contributed by atoms with Crippen molar-refractivity contribution in [3.8, 4) is 0 Å². The fourth-order valence-electron chi connectivity index (χ4n) is 0.972. The molecule has 3 heteroatoms. The van der Waals surface area contributed by atoms with E-state index in [0.717, 1.165) is 19.4 Å². The fraction of sp³-hybridized carbons (Fsp3) is 1.00. The summed E-state index contributed by atoms with van der Waals surface area (Å²) in [6, 6.07) is 0. The van der Waals surface area contributed by atoms with Crippen LogP contribution in [0.5, 0.6) is 0 Å². The third kappa shape index (κ3) is 11.8. The lowest BCUT2D eigenvalue weighted by molar-refractivity contribution is 0.0979. The predicted molar refractivity (Wildman–Crippen MR) is 58.9 cm³/mol. The molecule has 0 aliphatic heterocycles. The van der Waals surface area contributed by atoms with Gasteiger partial charge in [-0.2, -0.15) is 0 Å². The monoisotopic (exact) mass is 209 g/mol. The molecule has 0 N–H and O–H groups in total. The third-order valence-corrected chi connectivity index (χ3v) is 2.15. The van der Waals surface area contributed by atoms with Crippen LogP contribution < -0.4 is 0 Å². The zero-order valence-corrected chi connectivity index (χ0v) is 10.2. The summed E-state index contributed by atoms with van der Waals surface area (Å²) >= 11 is 0. The van der Waals surface area contributed by atoms with Gasteiger partial charge in [-0.1, -0.05) is 34.1 Å². The molecule has 0 radical (unpaired) electrons. The Kier molecular flexibility index (Phi) is 12.7. The van der Waals surface area contributed by atoms with Gasteiger partial charge < -0.3 is 4.90 Å². The Bertz CT molecular complexity index is 107. The quantitative estimate of drug-likeness (QED) is 0.645. The van der Waals surface area contributed by atoms with Crippen LogP contribution in [0.15, 0.2) is 0 Å². The second-order valence-corrected chi connectivity index (χ2v) is 3.46. The highest BCUT2D eigenvalue weighted by Gasteiger charge is 2.08. The Hall–Kier alpha value is -0.180. The molecule has 1 atom stereocenters. The van der Waals surface area contributed by atoms with Gasteiger partial charge in [-0.15, -0.1) is 0 Å². The first kappa shape index (κ1) is 16.3. The van der Waals surface area contributed by atoms with Crippen LogP contribution in [0, 0.1) is 5.92 Å². The van der Waals surface area contributed by atoms with E-state index in [1.165, 1.54) is 0 Å². The zero-order chi connectivity index (χ0) is 11.6. The minimum absolute atomic E-state index is 0.101. The zero-order valence-electron chi connectivity index (χ0n) is 10.2. The Morgan fingerprint density at radius 3 is 2.07 bits per heavy atom. The van der Waals surface area contributed by atoms with Gasteiger partial charge in [-0.3, -0.25) is 0 Å². The molecule has 0 aromatic rings. The van der Waals surface area contributed by atoms with Crippen LogP contribution in [-0.4, -0.2) is 31.5 Å². The Morgan fingerprint density at radius 1 is 1.21 bits per heavy atom. The highest BCUT2D eigenvalue weighted by molar-refractivity contribution is 4.56. The van der Waals surface area contributed by atoms with E-state index < -0.39 is 6.43 Å². The van der Waals surface area contributed by atoms with Crippen molar-refractivity contribution in [2.24, 2.45) is 5.92 Å². The normalized spacial score (nSPS) is 12.6. The summed E-state index contributed by atoms with van der Waals surface area (Å²) in [5.74, 6) is 0.644. The number of hydrogen-bond donors (Lipinski definition) is 0. The van der Waals surface area contributed by atoms with Crippen molar-refractivity contribution in [2.45, 2.75) is 47.0 Å². The maximum absolute atomic E-state index is 11.8. The highest BCUT2D eigenvalue weighted by Crippen LogP contribution is 2.07. The van der Waals surface area contributed by atoms with Crippen molar-refractivity contribution in [2.75, 3.05) is 20.1 Å². The van der Waals surface area contributed by atoms with Gasteiger partial charge in [0.1, 0.15) is 0 Å². The average Bonchev–Trinajstić information content (AvgIpc) is 2.16. The van der Waals surface area contributed by atoms with Crippen molar-refractivity contribution in [3.63, 3.8) is 0 Å². The number of alkyl halides is 2. The number of hydrogen-bond acceptors (Lipinski definition) is 1. The van der Waals surface area contributed by atoms with Crippen LogP contribution in [-0.2, 0) is 0 Å². The van der Waals surface area contributed by atoms with Gasteiger partial charge in [-0.05, 0) is 25.9 Å². The lowest BCUT2D eigenvalue weighted by Crippen LogP contribution is -2.26. The van der Waals surface area contributed by atoms with Gasteiger partial charge in [0, 0.05) is 0 Å². The molecule has 0 aliphatic carbocycles. The summed E-state index contributed by atoms with van der Waals surface area (Å²) in [6.45, 7) is 8.95. The Labute approximate surface area is 87.5 Å². The van der Waals surface area contributed by atoms with Crippen LogP contribution in [0.4, 0.5) is 8.78 Å². The first-order valence-corrected chi connectivity index (χ1v) is 5.53. The minimum atomic E-state index is -2.20. The molecule has 0 spiro atoms. The molecule has 0 bridgehead atoms. The van der Waals surface area contributed by atoms with Crippen molar-refractivity contribution < 1.29 is 8.78 Å². The van der Waals surface area contributed by atoms with E-state index in [4.69, 9.17) is 0 Å². The summed E-state index contributed by atoms with van der Waals surface area (Å²) in [6.07, 6.45) is -0.0608. The van der Waals surface area contributed by atoms with Crippen molar-refractivity contribution in [3.05, 3.63) is 0 Å². The number of nitrogens with zero attached hydrogens (tertiary/aromatic N) is 1. The Balaban J connectivity index is 0. The molecule has 0 aromatic carbocycles. The Morgan fingerprint density at radius 2 is 1.71 bits per heavy atom. The molecule has 0 saturated heterocycles. The van der Waals surface area contributed by atoms with Gasteiger partial charge in [0.05, 0.1) is 6.54 Å². The molecular weight excluding hydrogens is 184 g/mol. The topological polar surface area (TPSA) is 3.24 Å². The summed E-state index contributed by atoms with van der Waals surface area (Å²) < 4.78 is 23.7. The van der Waals surface area contributed by atoms with Gasteiger partial charge in [0.15, 0.2) is 0 Å². The molecule has 0 rings (SSSR count). The second-order valence-electron chi connectivity index (χ2n) is 3.46. The number of halogens is 2. The lowest BCUT2D eigenvalue weighted by Gasteiger charge is -2.17. The van der Waals surface area contributed by atoms with E-state index in [1.54, 1.807) is 11.9 Å². The predicted octanol–water partition coefficient (Wildman–Crippen LogP) is 3.65. The molecule has 1 nitrogen and oxygen atoms in total. The van der Waals surface area contributed by atoms with Crippen LogP contribution in [0.3, 0.4) is 0 Å². The molecule has 14 heavy (non-hydrogen) atoms. The van der Waals surface area contributed by atoms with Gasteiger partial charge in [0.2, 0.25) is 0 Å². The molecular formula is C11H25F2N. The van der Waals surface area contributed by atoms with Crippen molar-refractivity contribution in [1.29, 1.82) is 0 Å². The maximum Gasteiger partial charge on any atom is 0.251 e. The molecule has 0 fully saturated rings.